The molecular weight excluding hydrogens is 414 g/mol. The highest BCUT2D eigenvalue weighted by molar-refractivity contribution is 7.91. The van der Waals surface area contributed by atoms with Crippen molar-refractivity contribution in [3.63, 3.8) is 0 Å². The third-order valence-electron chi connectivity index (χ3n) is 5.19. The largest absolute Gasteiger partial charge is 0.484 e. The van der Waals surface area contributed by atoms with Crippen LogP contribution in [0.15, 0.2) is 54.6 Å². The van der Waals surface area contributed by atoms with Gasteiger partial charge in [0, 0.05) is 11.6 Å². The minimum absolute atomic E-state index is 0.0187. The fourth-order valence-electron chi connectivity index (χ4n) is 3.83. The van der Waals surface area contributed by atoms with Gasteiger partial charge in [-0.15, -0.1) is 0 Å². The number of ether oxygens (including phenoxy) is 1. The van der Waals surface area contributed by atoms with Gasteiger partial charge in [-0.1, -0.05) is 36.4 Å². The molecule has 1 aliphatic heterocycles. The number of rotatable bonds is 6. The Morgan fingerprint density at radius 2 is 1.84 bits per heavy atom. The standard InChI is InChI=1S/C23H25N3O4S/c1-16-10-17(2)12-20(11-16)30-14-23(27)24-22-13-21(18-6-4-3-5-7-18)25-26(22)19-8-9-31(28,29)15-19/h3-7,10-13,19H,8-9,14-15H2,1-2H3,(H,24,27)/t19-/m1/s1. The number of nitrogens with one attached hydrogen (secondary N) is 1. The van der Waals surface area contributed by atoms with Gasteiger partial charge in [0.2, 0.25) is 0 Å². The summed E-state index contributed by atoms with van der Waals surface area (Å²) in [6, 6.07) is 16.8. The zero-order valence-electron chi connectivity index (χ0n) is 17.5. The molecule has 0 unspecified atom stereocenters. The molecule has 1 aromatic heterocycles. The molecule has 1 N–H and O–H groups in total. The lowest BCUT2D eigenvalue weighted by molar-refractivity contribution is -0.118. The van der Waals surface area contributed by atoms with E-state index < -0.39 is 9.84 Å². The van der Waals surface area contributed by atoms with Crippen molar-refractivity contribution in [2.45, 2.75) is 26.3 Å². The maximum Gasteiger partial charge on any atom is 0.263 e. The minimum atomic E-state index is -3.10. The van der Waals surface area contributed by atoms with Gasteiger partial charge in [0.1, 0.15) is 11.6 Å². The van der Waals surface area contributed by atoms with Gasteiger partial charge < -0.3 is 10.1 Å². The van der Waals surface area contributed by atoms with Crippen molar-refractivity contribution >= 4 is 21.6 Å². The Hall–Kier alpha value is -3.13. The molecule has 0 aliphatic carbocycles. The summed E-state index contributed by atoms with van der Waals surface area (Å²) >= 11 is 0. The lowest BCUT2D eigenvalue weighted by Crippen LogP contribution is -2.23. The quantitative estimate of drug-likeness (QED) is 0.634. The number of carbonyl (C=O) groups is 1. The van der Waals surface area contributed by atoms with Crippen LogP contribution in [0.5, 0.6) is 5.75 Å². The van der Waals surface area contributed by atoms with Gasteiger partial charge in [0.25, 0.3) is 5.91 Å². The van der Waals surface area contributed by atoms with Crippen molar-refractivity contribution in [1.29, 1.82) is 0 Å². The molecule has 1 saturated heterocycles. The highest BCUT2D eigenvalue weighted by Gasteiger charge is 2.31. The lowest BCUT2D eigenvalue weighted by atomic mass is 10.1. The maximum absolute atomic E-state index is 12.6. The molecule has 1 amide bonds. The molecule has 1 atom stereocenters. The molecule has 0 spiro atoms. The number of carbonyl (C=O) groups excluding carboxylic acids is 1. The van der Waals surface area contributed by atoms with Gasteiger partial charge in [-0.3, -0.25) is 4.79 Å². The molecule has 2 aromatic carbocycles. The second-order valence-corrected chi connectivity index (χ2v) is 10.2. The van der Waals surface area contributed by atoms with Crippen LogP contribution in [-0.4, -0.2) is 42.2 Å². The second-order valence-electron chi connectivity index (χ2n) is 7.94. The summed E-state index contributed by atoms with van der Waals surface area (Å²) in [7, 11) is -3.10. The molecule has 31 heavy (non-hydrogen) atoms. The Labute approximate surface area is 182 Å². The van der Waals surface area contributed by atoms with Gasteiger partial charge in [0.15, 0.2) is 16.4 Å². The van der Waals surface area contributed by atoms with Crippen LogP contribution >= 0.6 is 0 Å². The minimum Gasteiger partial charge on any atom is -0.484 e. The molecule has 3 aromatic rings. The topological polar surface area (TPSA) is 90.3 Å². The van der Waals surface area contributed by atoms with Gasteiger partial charge >= 0.3 is 0 Å². The van der Waals surface area contributed by atoms with E-state index in [1.165, 1.54) is 0 Å². The van der Waals surface area contributed by atoms with Gasteiger partial charge in [-0.05, 0) is 43.5 Å². The van der Waals surface area contributed by atoms with E-state index in [4.69, 9.17) is 4.74 Å². The number of sulfone groups is 1. The third-order valence-corrected chi connectivity index (χ3v) is 6.94. The summed E-state index contributed by atoms with van der Waals surface area (Å²) in [5.41, 5.74) is 3.69. The zero-order chi connectivity index (χ0) is 22.0. The summed E-state index contributed by atoms with van der Waals surface area (Å²) in [6.45, 7) is 3.79. The first-order valence-electron chi connectivity index (χ1n) is 10.2. The van der Waals surface area contributed by atoms with E-state index in [1.54, 1.807) is 10.7 Å². The highest BCUT2D eigenvalue weighted by atomic mass is 32.2. The number of hydrogen-bond donors (Lipinski definition) is 1. The number of nitrogens with zero attached hydrogens (tertiary/aromatic N) is 2. The first-order chi connectivity index (χ1) is 14.8. The number of aryl methyl sites for hydroxylation is 2. The molecule has 1 aliphatic rings. The summed E-state index contributed by atoms with van der Waals surface area (Å²) in [5.74, 6) is 0.912. The van der Waals surface area contributed by atoms with Crippen LogP contribution < -0.4 is 10.1 Å². The fraction of sp³-hybridized carbons (Fsp3) is 0.304. The van der Waals surface area contributed by atoms with Gasteiger partial charge in [-0.25, -0.2) is 13.1 Å². The predicted octanol–water partition coefficient (Wildman–Crippen LogP) is 3.54. The number of benzene rings is 2. The molecule has 4 rings (SSSR count). The fourth-order valence-corrected chi connectivity index (χ4v) is 5.52. The van der Waals surface area contributed by atoms with E-state index in [9.17, 15) is 13.2 Å². The van der Waals surface area contributed by atoms with Crippen molar-refractivity contribution < 1.29 is 17.9 Å². The normalized spacial score (nSPS) is 17.4. The van der Waals surface area contributed by atoms with Crippen LogP contribution in [0.2, 0.25) is 0 Å². The monoisotopic (exact) mass is 439 g/mol. The van der Waals surface area contributed by atoms with Crippen LogP contribution in [0.4, 0.5) is 5.82 Å². The Kier molecular flexibility index (Phi) is 5.82. The summed E-state index contributed by atoms with van der Waals surface area (Å²) in [5, 5.41) is 7.47. The number of hydrogen-bond acceptors (Lipinski definition) is 5. The Balaban J connectivity index is 1.54. The SMILES string of the molecule is Cc1cc(C)cc(OCC(=O)Nc2cc(-c3ccccc3)nn2[C@@H]2CCS(=O)(=O)C2)c1. The average Bonchev–Trinajstić information content (AvgIpc) is 3.29. The van der Waals surface area contributed by atoms with E-state index in [1.807, 2.05) is 62.4 Å². The van der Waals surface area contributed by atoms with Crippen molar-refractivity contribution in [3.8, 4) is 17.0 Å². The Morgan fingerprint density at radius 3 is 2.48 bits per heavy atom. The zero-order valence-corrected chi connectivity index (χ0v) is 18.4. The van der Waals surface area contributed by atoms with Crippen LogP contribution in [-0.2, 0) is 14.6 Å². The molecule has 7 nitrogen and oxygen atoms in total. The summed E-state index contributed by atoms with van der Waals surface area (Å²) in [4.78, 5) is 12.6. The maximum atomic E-state index is 12.6. The van der Waals surface area contributed by atoms with E-state index in [0.29, 0.717) is 23.7 Å². The predicted molar refractivity (Wildman–Crippen MR) is 120 cm³/mol. The number of aromatic nitrogens is 2. The molecule has 162 valence electrons. The lowest BCUT2D eigenvalue weighted by Gasteiger charge is -2.14. The summed E-state index contributed by atoms with van der Waals surface area (Å²) < 4.78 is 31.3. The van der Waals surface area contributed by atoms with Crippen LogP contribution in [0.25, 0.3) is 11.3 Å². The van der Waals surface area contributed by atoms with E-state index in [0.717, 1.165) is 16.7 Å². The Morgan fingerprint density at radius 1 is 1.13 bits per heavy atom. The van der Waals surface area contributed by atoms with Crippen molar-refractivity contribution in [2.75, 3.05) is 23.4 Å². The van der Waals surface area contributed by atoms with Crippen molar-refractivity contribution in [1.82, 2.24) is 9.78 Å². The third kappa shape index (κ3) is 5.14. The average molecular weight is 440 g/mol. The van der Waals surface area contributed by atoms with Gasteiger partial charge in [-0.2, -0.15) is 5.10 Å². The number of anilines is 1. The van der Waals surface area contributed by atoms with E-state index in [2.05, 4.69) is 10.4 Å². The van der Waals surface area contributed by atoms with Crippen LogP contribution in [0.1, 0.15) is 23.6 Å². The number of amides is 1. The summed E-state index contributed by atoms with van der Waals surface area (Å²) in [6.07, 6.45) is 0.472. The second kappa shape index (κ2) is 8.55. The Bertz CT molecular complexity index is 1180. The molecule has 0 radical (unpaired) electrons. The van der Waals surface area contributed by atoms with Crippen molar-refractivity contribution in [3.05, 3.63) is 65.7 Å². The van der Waals surface area contributed by atoms with Crippen LogP contribution in [0.3, 0.4) is 0 Å². The van der Waals surface area contributed by atoms with Gasteiger partial charge in [0.05, 0.1) is 23.2 Å². The first kappa shape index (κ1) is 21.1. The smallest absolute Gasteiger partial charge is 0.263 e. The highest BCUT2D eigenvalue weighted by Crippen LogP contribution is 2.30. The first-order valence-corrected chi connectivity index (χ1v) is 12.0. The molecule has 0 bridgehead atoms. The van der Waals surface area contributed by atoms with Crippen LogP contribution in [0, 0.1) is 13.8 Å². The molecule has 0 saturated carbocycles. The molecular formula is C23H25N3O4S. The van der Waals surface area contributed by atoms with E-state index >= 15 is 0 Å². The van der Waals surface area contributed by atoms with Crippen molar-refractivity contribution in [2.24, 2.45) is 0 Å². The molecule has 2 heterocycles. The molecule has 8 heteroatoms. The van der Waals surface area contributed by atoms with E-state index in [-0.39, 0.29) is 30.1 Å². The molecule has 1 fully saturated rings.